The van der Waals surface area contributed by atoms with Crippen molar-refractivity contribution in [3.63, 3.8) is 0 Å². The molecule has 3 aromatic carbocycles. The van der Waals surface area contributed by atoms with Gasteiger partial charge in [-0.15, -0.1) is 0 Å². The molecule has 0 fully saturated rings. The third kappa shape index (κ3) is 3.64. The monoisotopic (exact) mass is 438 g/mol. The maximum atomic E-state index is 6.07. The van der Waals surface area contributed by atoms with Crippen molar-refractivity contribution in [1.82, 2.24) is 9.97 Å². The summed E-state index contributed by atoms with van der Waals surface area (Å²) >= 11 is 9.60. The molecule has 0 aliphatic carbocycles. The van der Waals surface area contributed by atoms with Gasteiger partial charge in [0.2, 0.25) is 0 Å². The molecule has 0 saturated heterocycles. The number of aromatic nitrogens is 2. The van der Waals surface area contributed by atoms with Crippen LogP contribution in [0, 0.1) is 0 Å². The normalized spacial score (nSPS) is 10.8. The van der Waals surface area contributed by atoms with Crippen LogP contribution in [0.5, 0.6) is 5.75 Å². The minimum absolute atomic E-state index is 0.702. The lowest BCUT2D eigenvalue weighted by atomic mass is 10.1. The topological polar surface area (TPSA) is 37.9 Å². The van der Waals surface area contributed by atoms with Gasteiger partial charge in [0, 0.05) is 20.6 Å². The number of hydrogen-bond donors (Lipinski definition) is 1. The van der Waals surface area contributed by atoms with Gasteiger partial charge in [-0.2, -0.15) is 0 Å². The van der Waals surface area contributed by atoms with Crippen molar-refractivity contribution in [3.8, 4) is 39.7 Å². The molecule has 1 N–H and O–H groups in total. The van der Waals surface area contributed by atoms with Crippen LogP contribution in [-0.4, -0.2) is 17.1 Å². The van der Waals surface area contributed by atoms with Crippen LogP contribution in [0.1, 0.15) is 0 Å². The van der Waals surface area contributed by atoms with E-state index < -0.39 is 0 Å². The summed E-state index contributed by atoms with van der Waals surface area (Å²) in [6, 6.07) is 23.7. The number of halogens is 2. The zero-order valence-electron chi connectivity index (χ0n) is 14.5. The van der Waals surface area contributed by atoms with E-state index in [0.29, 0.717) is 5.02 Å². The van der Waals surface area contributed by atoms with Gasteiger partial charge in [0.25, 0.3) is 0 Å². The maximum absolute atomic E-state index is 6.07. The lowest BCUT2D eigenvalue weighted by Gasteiger charge is -2.06. The Morgan fingerprint density at radius 2 is 1.67 bits per heavy atom. The number of ether oxygens (including phenoxy) is 1. The Balaban J connectivity index is 1.93. The van der Waals surface area contributed by atoms with Crippen molar-refractivity contribution in [2.45, 2.75) is 0 Å². The summed E-state index contributed by atoms with van der Waals surface area (Å²) in [5.74, 6) is 1.51. The largest absolute Gasteiger partial charge is 0.496 e. The molecule has 27 heavy (non-hydrogen) atoms. The molecule has 1 aromatic heterocycles. The van der Waals surface area contributed by atoms with E-state index in [-0.39, 0.29) is 0 Å². The molecule has 0 saturated carbocycles. The Morgan fingerprint density at radius 1 is 0.926 bits per heavy atom. The number of imidazole rings is 1. The van der Waals surface area contributed by atoms with Crippen molar-refractivity contribution in [2.24, 2.45) is 0 Å². The van der Waals surface area contributed by atoms with Crippen LogP contribution in [0.15, 0.2) is 77.3 Å². The summed E-state index contributed by atoms with van der Waals surface area (Å²) < 4.78 is 6.49. The number of nitrogens with one attached hydrogen (secondary N) is 1. The summed E-state index contributed by atoms with van der Waals surface area (Å²) in [5.41, 5.74) is 4.78. The van der Waals surface area contributed by atoms with Gasteiger partial charge in [-0.3, -0.25) is 0 Å². The maximum Gasteiger partial charge on any atom is 0.142 e. The molecular weight excluding hydrogens is 424 g/mol. The second-order valence-corrected chi connectivity index (χ2v) is 7.38. The van der Waals surface area contributed by atoms with Gasteiger partial charge in [-0.05, 0) is 30.3 Å². The highest BCUT2D eigenvalue weighted by Crippen LogP contribution is 2.37. The van der Waals surface area contributed by atoms with E-state index in [1.807, 2.05) is 60.7 Å². The molecule has 4 rings (SSSR count). The molecule has 0 spiro atoms. The highest BCUT2D eigenvalue weighted by Gasteiger charge is 2.17. The lowest BCUT2D eigenvalue weighted by molar-refractivity contribution is 0.416. The Labute approximate surface area is 171 Å². The number of hydrogen-bond acceptors (Lipinski definition) is 2. The van der Waals surface area contributed by atoms with Gasteiger partial charge in [0.05, 0.1) is 24.1 Å². The first-order valence-electron chi connectivity index (χ1n) is 8.41. The minimum atomic E-state index is 0.702. The van der Waals surface area contributed by atoms with Crippen molar-refractivity contribution >= 4 is 27.5 Å². The summed E-state index contributed by atoms with van der Waals surface area (Å²) in [6.07, 6.45) is 0. The lowest BCUT2D eigenvalue weighted by Crippen LogP contribution is -1.89. The Kier molecular flexibility index (Phi) is 5.01. The highest BCUT2D eigenvalue weighted by molar-refractivity contribution is 9.10. The standard InChI is InChI=1S/C22H16BrClN2O/c1-27-19-12-9-16(23)13-18(19)22-25-20(14-5-3-2-4-6-14)21(26-22)15-7-10-17(24)11-8-15/h2-13H,1H3,(H,25,26). The fourth-order valence-electron chi connectivity index (χ4n) is 3.00. The molecule has 5 heteroatoms. The smallest absolute Gasteiger partial charge is 0.142 e. The number of benzene rings is 3. The van der Waals surface area contributed by atoms with E-state index in [1.54, 1.807) is 7.11 Å². The van der Waals surface area contributed by atoms with Crippen LogP contribution in [0.4, 0.5) is 0 Å². The molecule has 3 nitrogen and oxygen atoms in total. The van der Waals surface area contributed by atoms with Crippen LogP contribution in [-0.2, 0) is 0 Å². The third-order valence-electron chi connectivity index (χ3n) is 4.30. The molecule has 4 aromatic rings. The zero-order chi connectivity index (χ0) is 18.8. The molecule has 134 valence electrons. The Bertz CT molecular complexity index is 1080. The molecule has 1 heterocycles. The Morgan fingerprint density at radius 3 is 2.37 bits per heavy atom. The van der Waals surface area contributed by atoms with Gasteiger partial charge >= 0.3 is 0 Å². The fraction of sp³-hybridized carbons (Fsp3) is 0.0455. The summed E-state index contributed by atoms with van der Waals surface area (Å²) in [6.45, 7) is 0. The molecule has 0 unspecified atom stereocenters. The van der Waals surface area contributed by atoms with Crippen LogP contribution in [0.25, 0.3) is 33.9 Å². The second-order valence-electron chi connectivity index (χ2n) is 6.03. The average Bonchev–Trinajstić information content (AvgIpc) is 3.14. The number of rotatable bonds is 4. The number of nitrogens with zero attached hydrogens (tertiary/aromatic N) is 1. The number of H-pyrrole nitrogens is 1. The first-order chi connectivity index (χ1) is 13.2. The molecule has 0 atom stereocenters. The van der Waals surface area contributed by atoms with Gasteiger partial charge in [0.1, 0.15) is 11.6 Å². The van der Waals surface area contributed by atoms with E-state index in [2.05, 4.69) is 33.0 Å². The summed E-state index contributed by atoms with van der Waals surface area (Å²) in [5, 5.41) is 0.702. The zero-order valence-corrected chi connectivity index (χ0v) is 16.9. The number of methoxy groups -OCH3 is 1. The third-order valence-corrected chi connectivity index (χ3v) is 5.05. The van der Waals surface area contributed by atoms with Gasteiger partial charge in [-0.1, -0.05) is 70.0 Å². The average molecular weight is 440 g/mol. The van der Waals surface area contributed by atoms with E-state index in [0.717, 1.165) is 44.1 Å². The molecule has 0 bridgehead atoms. The molecule has 0 aliphatic heterocycles. The van der Waals surface area contributed by atoms with E-state index in [1.165, 1.54) is 0 Å². The van der Waals surface area contributed by atoms with Crippen LogP contribution in [0.3, 0.4) is 0 Å². The number of aromatic amines is 1. The quantitative estimate of drug-likeness (QED) is 0.378. The minimum Gasteiger partial charge on any atom is -0.496 e. The van der Waals surface area contributed by atoms with Crippen molar-refractivity contribution in [1.29, 1.82) is 0 Å². The van der Waals surface area contributed by atoms with E-state index in [4.69, 9.17) is 21.3 Å². The highest BCUT2D eigenvalue weighted by atomic mass is 79.9. The summed E-state index contributed by atoms with van der Waals surface area (Å²) in [7, 11) is 1.66. The van der Waals surface area contributed by atoms with E-state index >= 15 is 0 Å². The van der Waals surface area contributed by atoms with Crippen LogP contribution >= 0.6 is 27.5 Å². The van der Waals surface area contributed by atoms with Crippen LogP contribution in [0.2, 0.25) is 5.02 Å². The van der Waals surface area contributed by atoms with Gasteiger partial charge in [0.15, 0.2) is 0 Å². The molecular formula is C22H16BrClN2O. The molecule has 0 aliphatic rings. The van der Waals surface area contributed by atoms with Crippen molar-refractivity contribution in [3.05, 3.63) is 82.3 Å². The predicted octanol–water partition coefficient (Wildman–Crippen LogP) is 6.84. The van der Waals surface area contributed by atoms with Crippen molar-refractivity contribution in [2.75, 3.05) is 7.11 Å². The second kappa shape index (κ2) is 7.59. The fourth-order valence-corrected chi connectivity index (χ4v) is 3.48. The molecule has 0 amide bonds. The van der Waals surface area contributed by atoms with Crippen LogP contribution < -0.4 is 4.74 Å². The first kappa shape index (κ1) is 17.8. The van der Waals surface area contributed by atoms with Gasteiger partial charge < -0.3 is 9.72 Å². The molecule has 0 radical (unpaired) electrons. The van der Waals surface area contributed by atoms with Gasteiger partial charge in [-0.25, -0.2) is 4.98 Å². The SMILES string of the molecule is COc1ccc(Br)cc1-c1nc(-c2ccccc2)c(-c2ccc(Cl)cc2)[nH]1. The predicted molar refractivity (Wildman–Crippen MR) is 114 cm³/mol. The van der Waals surface area contributed by atoms with E-state index in [9.17, 15) is 0 Å². The van der Waals surface area contributed by atoms with Crippen molar-refractivity contribution < 1.29 is 4.74 Å². The summed E-state index contributed by atoms with van der Waals surface area (Å²) in [4.78, 5) is 8.39. The Hall–Kier alpha value is -2.56. The first-order valence-corrected chi connectivity index (χ1v) is 9.58.